The molecule has 0 fully saturated rings. The molecule has 2 aromatic heterocycles. The summed E-state index contributed by atoms with van der Waals surface area (Å²) in [5, 5.41) is 2.21. The fraction of sp³-hybridized carbons (Fsp3) is 0. The van der Waals surface area contributed by atoms with Gasteiger partial charge in [-0.1, -0.05) is 78.9 Å². The molecule has 0 bridgehead atoms. The second kappa shape index (κ2) is 10.6. The average Bonchev–Trinajstić information content (AvgIpc) is 3.71. The standard InChI is InChI=1S/C40H27NO2/c1-2-8-28(9-3-1)29-14-20-34(21-15-29)41(35-22-16-30(17-23-35)39-26-32-10-4-6-12-37(32)42-39)36-24-18-31(19-25-36)40-27-33-11-5-7-13-38(33)43-40/h1-27H. The van der Waals surface area contributed by atoms with Crippen molar-refractivity contribution < 1.29 is 8.83 Å². The summed E-state index contributed by atoms with van der Waals surface area (Å²) >= 11 is 0. The summed E-state index contributed by atoms with van der Waals surface area (Å²) in [6, 6.07) is 56.7. The number of hydrogen-bond acceptors (Lipinski definition) is 3. The predicted molar refractivity (Wildman–Crippen MR) is 177 cm³/mol. The van der Waals surface area contributed by atoms with Gasteiger partial charge in [-0.05, 0) is 96.1 Å². The highest BCUT2D eigenvalue weighted by Gasteiger charge is 2.15. The summed E-state index contributed by atoms with van der Waals surface area (Å²) in [4.78, 5) is 2.28. The van der Waals surface area contributed by atoms with E-state index in [-0.39, 0.29) is 0 Å². The van der Waals surface area contributed by atoms with Crippen LogP contribution in [0.1, 0.15) is 0 Å². The molecule has 0 radical (unpaired) electrons. The van der Waals surface area contributed by atoms with Gasteiger partial charge in [-0.25, -0.2) is 0 Å². The maximum atomic E-state index is 6.13. The van der Waals surface area contributed by atoms with Crippen LogP contribution in [0.4, 0.5) is 17.1 Å². The minimum absolute atomic E-state index is 0.863. The van der Waals surface area contributed by atoms with E-state index >= 15 is 0 Å². The first-order chi connectivity index (χ1) is 21.3. The van der Waals surface area contributed by atoms with Crippen LogP contribution in [-0.2, 0) is 0 Å². The van der Waals surface area contributed by atoms with Crippen LogP contribution in [-0.4, -0.2) is 0 Å². The predicted octanol–water partition coefficient (Wildman–Crippen LogP) is 11.6. The van der Waals surface area contributed by atoms with E-state index in [1.807, 2.05) is 42.5 Å². The Hall–Kier alpha value is -5.80. The zero-order valence-corrected chi connectivity index (χ0v) is 23.4. The van der Waals surface area contributed by atoms with Crippen LogP contribution < -0.4 is 4.90 Å². The molecule has 204 valence electrons. The van der Waals surface area contributed by atoms with Gasteiger partial charge in [0.25, 0.3) is 0 Å². The van der Waals surface area contributed by atoms with E-state index < -0.39 is 0 Å². The van der Waals surface area contributed by atoms with Crippen molar-refractivity contribution in [1.29, 1.82) is 0 Å². The lowest BCUT2D eigenvalue weighted by Gasteiger charge is -2.26. The van der Waals surface area contributed by atoms with Gasteiger partial charge in [-0.3, -0.25) is 0 Å². The third-order valence-electron chi connectivity index (χ3n) is 7.90. The van der Waals surface area contributed by atoms with Crippen LogP contribution in [0.2, 0.25) is 0 Å². The van der Waals surface area contributed by atoms with Crippen LogP contribution in [0.5, 0.6) is 0 Å². The third kappa shape index (κ3) is 4.77. The lowest BCUT2D eigenvalue weighted by Crippen LogP contribution is -2.09. The zero-order chi connectivity index (χ0) is 28.6. The van der Waals surface area contributed by atoms with Crippen molar-refractivity contribution >= 4 is 39.0 Å². The maximum Gasteiger partial charge on any atom is 0.135 e. The van der Waals surface area contributed by atoms with Gasteiger partial charge in [-0.15, -0.1) is 0 Å². The molecule has 43 heavy (non-hydrogen) atoms. The minimum Gasteiger partial charge on any atom is -0.456 e. The van der Waals surface area contributed by atoms with Crippen molar-refractivity contribution in [2.75, 3.05) is 4.90 Å². The Balaban J connectivity index is 1.17. The fourth-order valence-corrected chi connectivity index (χ4v) is 5.68. The van der Waals surface area contributed by atoms with Gasteiger partial charge in [0.05, 0.1) is 0 Å². The minimum atomic E-state index is 0.863. The molecular formula is C40H27NO2. The molecule has 2 heterocycles. The fourth-order valence-electron chi connectivity index (χ4n) is 5.68. The molecule has 0 aliphatic carbocycles. The normalized spacial score (nSPS) is 11.3. The summed E-state index contributed by atoms with van der Waals surface area (Å²) in [6.07, 6.45) is 0. The highest BCUT2D eigenvalue weighted by Crippen LogP contribution is 2.38. The summed E-state index contributed by atoms with van der Waals surface area (Å²) < 4.78 is 12.3. The maximum absolute atomic E-state index is 6.13. The molecular weight excluding hydrogens is 526 g/mol. The lowest BCUT2D eigenvalue weighted by atomic mass is 10.0. The van der Waals surface area contributed by atoms with E-state index in [1.165, 1.54) is 11.1 Å². The van der Waals surface area contributed by atoms with Crippen molar-refractivity contribution in [3.05, 3.63) is 164 Å². The molecule has 6 aromatic carbocycles. The van der Waals surface area contributed by atoms with Gasteiger partial charge in [0, 0.05) is 39.0 Å². The molecule has 3 nitrogen and oxygen atoms in total. The van der Waals surface area contributed by atoms with Gasteiger partial charge in [-0.2, -0.15) is 0 Å². The Morgan fingerprint density at radius 1 is 0.326 bits per heavy atom. The molecule has 8 rings (SSSR count). The summed E-state index contributed by atoms with van der Waals surface area (Å²) in [6.45, 7) is 0. The van der Waals surface area contributed by atoms with Crippen LogP contribution in [0.3, 0.4) is 0 Å². The third-order valence-corrected chi connectivity index (χ3v) is 7.90. The number of benzene rings is 6. The summed E-state index contributed by atoms with van der Waals surface area (Å²) in [7, 11) is 0. The average molecular weight is 554 g/mol. The van der Waals surface area contributed by atoms with E-state index in [2.05, 4.69) is 126 Å². The quantitative estimate of drug-likeness (QED) is 0.205. The molecule has 8 aromatic rings. The first-order valence-corrected chi connectivity index (χ1v) is 14.4. The van der Waals surface area contributed by atoms with Gasteiger partial charge in [0.1, 0.15) is 22.7 Å². The van der Waals surface area contributed by atoms with Gasteiger partial charge in [0.15, 0.2) is 0 Å². The van der Waals surface area contributed by atoms with Gasteiger partial charge < -0.3 is 13.7 Å². The van der Waals surface area contributed by atoms with Crippen molar-refractivity contribution in [2.45, 2.75) is 0 Å². The first-order valence-electron chi connectivity index (χ1n) is 14.4. The second-order valence-corrected chi connectivity index (χ2v) is 10.6. The van der Waals surface area contributed by atoms with E-state index in [9.17, 15) is 0 Å². The zero-order valence-electron chi connectivity index (χ0n) is 23.4. The molecule has 0 unspecified atom stereocenters. The van der Waals surface area contributed by atoms with E-state index in [0.717, 1.165) is 61.6 Å². The number of anilines is 3. The van der Waals surface area contributed by atoms with Crippen molar-refractivity contribution in [1.82, 2.24) is 0 Å². The van der Waals surface area contributed by atoms with Crippen molar-refractivity contribution in [3.8, 4) is 33.8 Å². The molecule has 0 spiro atoms. The topological polar surface area (TPSA) is 29.5 Å². The number of furan rings is 2. The number of hydrogen-bond donors (Lipinski definition) is 0. The monoisotopic (exact) mass is 553 g/mol. The van der Waals surface area contributed by atoms with Crippen LogP contribution >= 0.6 is 0 Å². The number of rotatable bonds is 6. The summed E-state index contributed by atoms with van der Waals surface area (Å²) in [5.74, 6) is 1.73. The van der Waals surface area contributed by atoms with Crippen LogP contribution in [0.25, 0.3) is 55.7 Å². The molecule has 0 saturated carbocycles. The Morgan fingerprint density at radius 2 is 0.698 bits per heavy atom. The van der Waals surface area contributed by atoms with E-state index in [1.54, 1.807) is 0 Å². The Bertz CT molecular complexity index is 1970. The highest BCUT2D eigenvalue weighted by molar-refractivity contribution is 5.86. The van der Waals surface area contributed by atoms with Crippen LogP contribution in [0.15, 0.2) is 173 Å². The smallest absolute Gasteiger partial charge is 0.135 e. The van der Waals surface area contributed by atoms with Crippen LogP contribution in [0, 0.1) is 0 Å². The molecule has 0 aliphatic rings. The van der Waals surface area contributed by atoms with Gasteiger partial charge >= 0.3 is 0 Å². The van der Waals surface area contributed by atoms with E-state index in [4.69, 9.17) is 8.83 Å². The number of fused-ring (bicyclic) bond motifs is 2. The highest BCUT2D eigenvalue weighted by atomic mass is 16.3. The van der Waals surface area contributed by atoms with E-state index in [0.29, 0.717) is 0 Å². The Morgan fingerprint density at radius 3 is 1.14 bits per heavy atom. The molecule has 3 heteroatoms. The number of nitrogens with zero attached hydrogens (tertiary/aromatic N) is 1. The second-order valence-electron chi connectivity index (χ2n) is 10.6. The van der Waals surface area contributed by atoms with Crippen molar-refractivity contribution in [2.24, 2.45) is 0 Å². The Kier molecular flexibility index (Phi) is 6.12. The largest absolute Gasteiger partial charge is 0.456 e. The molecule has 0 atom stereocenters. The molecule has 0 saturated heterocycles. The SMILES string of the molecule is c1ccc(-c2ccc(N(c3ccc(-c4cc5ccccc5o4)cc3)c3ccc(-c4cc5ccccc5o4)cc3)cc2)cc1. The summed E-state index contributed by atoms with van der Waals surface area (Å²) in [5.41, 5.74) is 9.45. The Labute approximate surface area is 249 Å². The van der Waals surface area contributed by atoms with Gasteiger partial charge in [0.2, 0.25) is 0 Å². The number of para-hydroxylation sites is 2. The molecule has 0 aliphatic heterocycles. The first kappa shape index (κ1) is 25.0. The molecule has 0 amide bonds. The molecule has 0 N–H and O–H groups in total. The van der Waals surface area contributed by atoms with Crippen molar-refractivity contribution in [3.63, 3.8) is 0 Å². The lowest BCUT2D eigenvalue weighted by molar-refractivity contribution is 0.631.